The van der Waals surface area contributed by atoms with Gasteiger partial charge in [0, 0.05) is 16.4 Å². The SMILES string of the molecule is NC(=O)C1CCC(NCC(=O)Nc2ccccc2Br)CC1. The number of benzene rings is 1. The lowest BCUT2D eigenvalue weighted by atomic mass is 9.85. The van der Waals surface area contributed by atoms with E-state index in [4.69, 9.17) is 5.73 Å². The van der Waals surface area contributed by atoms with Gasteiger partial charge in [-0.05, 0) is 53.7 Å². The van der Waals surface area contributed by atoms with Crippen LogP contribution in [0.25, 0.3) is 0 Å². The molecule has 1 aromatic rings. The van der Waals surface area contributed by atoms with Crippen molar-refractivity contribution in [1.82, 2.24) is 5.32 Å². The van der Waals surface area contributed by atoms with Crippen LogP contribution in [0.2, 0.25) is 0 Å². The monoisotopic (exact) mass is 353 g/mol. The molecule has 0 unspecified atom stereocenters. The summed E-state index contributed by atoms with van der Waals surface area (Å²) in [4.78, 5) is 23.0. The number of rotatable bonds is 5. The summed E-state index contributed by atoms with van der Waals surface area (Å²) in [5.74, 6) is -0.281. The fourth-order valence-corrected chi connectivity index (χ4v) is 2.96. The van der Waals surface area contributed by atoms with E-state index in [0.29, 0.717) is 0 Å². The molecule has 1 saturated carbocycles. The first kappa shape index (κ1) is 16.0. The molecule has 2 rings (SSSR count). The van der Waals surface area contributed by atoms with E-state index in [9.17, 15) is 9.59 Å². The largest absolute Gasteiger partial charge is 0.369 e. The van der Waals surface area contributed by atoms with E-state index in [2.05, 4.69) is 26.6 Å². The van der Waals surface area contributed by atoms with E-state index in [1.807, 2.05) is 24.3 Å². The summed E-state index contributed by atoms with van der Waals surface area (Å²) < 4.78 is 0.861. The Morgan fingerprint density at radius 3 is 2.48 bits per heavy atom. The molecule has 4 N–H and O–H groups in total. The predicted octanol–water partition coefficient (Wildman–Crippen LogP) is 2.02. The molecule has 114 valence electrons. The van der Waals surface area contributed by atoms with Crippen LogP contribution in [0.15, 0.2) is 28.7 Å². The van der Waals surface area contributed by atoms with Gasteiger partial charge in [0.25, 0.3) is 0 Å². The summed E-state index contributed by atoms with van der Waals surface area (Å²) >= 11 is 3.39. The molecule has 2 amide bonds. The molecule has 0 bridgehead atoms. The van der Waals surface area contributed by atoms with Gasteiger partial charge in [0.2, 0.25) is 11.8 Å². The lowest BCUT2D eigenvalue weighted by molar-refractivity contribution is -0.123. The second kappa shape index (κ2) is 7.56. The molecule has 0 aromatic heterocycles. The Kier molecular flexibility index (Phi) is 5.76. The average Bonchev–Trinajstić information content (AvgIpc) is 2.48. The van der Waals surface area contributed by atoms with Gasteiger partial charge in [0.15, 0.2) is 0 Å². The Labute approximate surface area is 132 Å². The fourth-order valence-electron chi connectivity index (χ4n) is 2.58. The molecule has 5 nitrogen and oxygen atoms in total. The molecule has 0 heterocycles. The average molecular weight is 354 g/mol. The molecule has 1 fully saturated rings. The number of hydrogen-bond donors (Lipinski definition) is 3. The van der Waals surface area contributed by atoms with Crippen LogP contribution in [0.5, 0.6) is 0 Å². The van der Waals surface area contributed by atoms with Crippen LogP contribution >= 0.6 is 15.9 Å². The smallest absolute Gasteiger partial charge is 0.238 e. The van der Waals surface area contributed by atoms with Crippen LogP contribution in [-0.2, 0) is 9.59 Å². The topological polar surface area (TPSA) is 84.2 Å². The van der Waals surface area contributed by atoms with Crippen molar-refractivity contribution in [2.75, 3.05) is 11.9 Å². The van der Waals surface area contributed by atoms with Gasteiger partial charge in [-0.3, -0.25) is 9.59 Å². The van der Waals surface area contributed by atoms with Crippen molar-refractivity contribution in [3.8, 4) is 0 Å². The minimum Gasteiger partial charge on any atom is -0.369 e. The minimum atomic E-state index is -0.208. The number of carbonyl (C=O) groups excluding carboxylic acids is 2. The second-order valence-electron chi connectivity index (χ2n) is 5.36. The van der Waals surface area contributed by atoms with Crippen molar-refractivity contribution in [3.63, 3.8) is 0 Å². The zero-order valence-corrected chi connectivity index (χ0v) is 13.4. The summed E-state index contributed by atoms with van der Waals surface area (Å²) in [6.45, 7) is 0.271. The molecule has 1 aromatic carbocycles. The number of anilines is 1. The van der Waals surface area contributed by atoms with Crippen molar-refractivity contribution >= 4 is 33.4 Å². The summed E-state index contributed by atoms with van der Waals surface area (Å²) in [5, 5.41) is 6.10. The molecule has 6 heteroatoms. The zero-order valence-electron chi connectivity index (χ0n) is 11.8. The zero-order chi connectivity index (χ0) is 15.2. The number of primary amides is 1. The van der Waals surface area contributed by atoms with Gasteiger partial charge in [-0.2, -0.15) is 0 Å². The molecule has 1 aliphatic rings. The molecule has 0 spiro atoms. The molecule has 0 atom stereocenters. The maximum atomic E-state index is 11.9. The van der Waals surface area contributed by atoms with E-state index >= 15 is 0 Å². The summed E-state index contributed by atoms with van der Waals surface area (Å²) in [5.41, 5.74) is 6.07. The first-order valence-electron chi connectivity index (χ1n) is 7.13. The molecular formula is C15H20BrN3O2. The van der Waals surface area contributed by atoms with Crippen LogP contribution in [-0.4, -0.2) is 24.4 Å². The minimum absolute atomic E-state index is 0.00264. The highest BCUT2D eigenvalue weighted by Gasteiger charge is 2.24. The quantitative estimate of drug-likeness (QED) is 0.756. The van der Waals surface area contributed by atoms with Crippen LogP contribution in [0.3, 0.4) is 0 Å². The van der Waals surface area contributed by atoms with Crippen LogP contribution in [0.1, 0.15) is 25.7 Å². The van der Waals surface area contributed by atoms with Crippen molar-refractivity contribution < 1.29 is 9.59 Å². The third kappa shape index (κ3) is 4.82. The number of hydrogen-bond acceptors (Lipinski definition) is 3. The van der Waals surface area contributed by atoms with E-state index in [-0.39, 0.29) is 30.3 Å². The number of halogens is 1. The number of amides is 2. The Morgan fingerprint density at radius 2 is 1.86 bits per heavy atom. The highest BCUT2D eigenvalue weighted by molar-refractivity contribution is 9.10. The number of nitrogens with two attached hydrogens (primary N) is 1. The first-order chi connectivity index (χ1) is 10.1. The van der Waals surface area contributed by atoms with Crippen molar-refractivity contribution in [1.29, 1.82) is 0 Å². The van der Waals surface area contributed by atoms with Crippen molar-refractivity contribution in [2.45, 2.75) is 31.7 Å². The third-order valence-electron chi connectivity index (χ3n) is 3.83. The predicted molar refractivity (Wildman–Crippen MR) is 85.7 cm³/mol. The fraction of sp³-hybridized carbons (Fsp3) is 0.467. The Hall–Kier alpha value is -1.40. The van der Waals surface area contributed by atoms with Crippen LogP contribution < -0.4 is 16.4 Å². The Bertz CT molecular complexity index is 513. The maximum absolute atomic E-state index is 11.9. The van der Waals surface area contributed by atoms with Crippen molar-refractivity contribution in [2.24, 2.45) is 11.7 Å². The van der Waals surface area contributed by atoms with Crippen LogP contribution in [0, 0.1) is 5.92 Å². The van der Waals surface area contributed by atoms with Crippen molar-refractivity contribution in [3.05, 3.63) is 28.7 Å². The lowest BCUT2D eigenvalue weighted by Gasteiger charge is -2.27. The van der Waals surface area contributed by atoms with E-state index in [0.717, 1.165) is 35.8 Å². The van der Waals surface area contributed by atoms with Gasteiger partial charge in [0.05, 0.1) is 12.2 Å². The molecule has 1 aliphatic carbocycles. The highest BCUT2D eigenvalue weighted by Crippen LogP contribution is 2.24. The van der Waals surface area contributed by atoms with Gasteiger partial charge in [-0.1, -0.05) is 12.1 Å². The number of para-hydroxylation sites is 1. The van der Waals surface area contributed by atoms with Gasteiger partial charge in [0.1, 0.15) is 0 Å². The maximum Gasteiger partial charge on any atom is 0.238 e. The van der Waals surface area contributed by atoms with Gasteiger partial charge in [-0.15, -0.1) is 0 Å². The number of nitrogens with one attached hydrogen (secondary N) is 2. The first-order valence-corrected chi connectivity index (χ1v) is 7.92. The van der Waals surface area contributed by atoms with E-state index in [1.165, 1.54) is 0 Å². The van der Waals surface area contributed by atoms with E-state index in [1.54, 1.807) is 0 Å². The highest BCUT2D eigenvalue weighted by atomic mass is 79.9. The Morgan fingerprint density at radius 1 is 1.19 bits per heavy atom. The summed E-state index contributed by atoms with van der Waals surface area (Å²) in [6, 6.07) is 7.79. The molecule has 0 aliphatic heterocycles. The summed E-state index contributed by atoms with van der Waals surface area (Å²) in [7, 11) is 0. The molecule has 0 radical (unpaired) electrons. The lowest BCUT2D eigenvalue weighted by Crippen LogP contribution is -2.40. The van der Waals surface area contributed by atoms with Gasteiger partial charge >= 0.3 is 0 Å². The van der Waals surface area contributed by atoms with Crippen LogP contribution in [0.4, 0.5) is 5.69 Å². The summed E-state index contributed by atoms with van der Waals surface area (Å²) in [6.07, 6.45) is 3.38. The molecular weight excluding hydrogens is 334 g/mol. The number of carbonyl (C=O) groups is 2. The normalized spacial score (nSPS) is 21.8. The second-order valence-corrected chi connectivity index (χ2v) is 6.21. The molecule has 0 saturated heterocycles. The van der Waals surface area contributed by atoms with E-state index < -0.39 is 0 Å². The third-order valence-corrected chi connectivity index (χ3v) is 4.52. The van der Waals surface area contributed by atoms with Gasteiger partial charge < -0.3 is 16.4 Å². The standard InChI is InChI=1S/C15H20BrN3O2/c16-12-3-1-2-4-13(12)19-14(20)9-18-11-7-5-10(6-8-11)15(17)21/h1-4,10-11,18H,5-9H2,(H2,17,21)(H,19,20). The molecule has 21 heavy (non-hydrogen) atoms. The van der Waals surface area contributed by atoms with Gasteiger partial charge in [-0.25, -0.2) is 0 Å². The Balaban J connectivity index is 1.73.